The first kappa shape index (κ1) is 26.6. The molecular weight excluding hydrogens is 633 g/mol. The van der Waals surface area contributed by atoms with Crippen LogP contribution in [-0.4, -0.2) is 22.2 Å². The molecule has 6 heteroatoms. The number of hydrogen-bond acceptors (Lipinski definition) is 5. The molecule has 0 aliphatic rings. The van der Waals surface area contributed by atoms with E-state index in [4.69, 9.17) is 4.74 Å². The number of aromatic nitrogens is 2. The molecule has 2 aromatic heterocycles. The van der Waals surface area contributed by atoms with Crippen molar-refractivity contribution in [2.24, 2.45) is 0 Å². The van der Waals surface area contributed by atoms with Crippen molar-refractivity contribution in [1.29, 1.82) is 0 Å². The summed E-state index contributed by atoms with van der Waals surface area (Å²) in [6.45, 7) is -0.0736. The van der Waals surface area contributed by atoms with Gasteiger partial charge < -0.3 is 19.8 Å². The van der Waals surface area contributed by atoms with Crippen molar-refractivity contribution in [3.8, 4) is 28.3 Å². The molecule has 0 aliphatic heterocycles. The first-order valence-electron chi connectivity index (χ1n) is 10.8. The van der Waals surface area contributed by atoms with E-state index in [9.17, 15) is 5.11 Å². The van der Waals surface area contributed by atoms with Crippen LogP contribution in [0.15, 0.2) is 91.3 Å². The van der Waals surface area contributed by atoms with Crippen molar-refractivity contribution in [3.63, 3.8) is 0 Å². The number of aliphatic hydroxyl groups excluding tert-OH is 1. The van der Waals surface area contributed by atoms with Gasteiger partial charge in [0.2, 0.25) is 0 Å². The molecule has 0 saturated heterocycles. The number of pyridine rings is 2. The SMILES string of the molecule is COc1c[c-]c(-c2cc(CS)ccn2)c(CO)c1.[Ir].[c-]1ccccc1-c1nccc2ccccc12. The minimum absolute atomic E-state index is 0. The third-order valence-electron chi connectivity index (χ3n) is 5.30. The van der Waals surface area contributed by atoms with E-state index in [1.165, 1.54) is 10.8 Å². The molecule has 5 aromatic rings. The van der Waals surface area contributed by atoms with E-state index in [-0.39, 0.29) is 26.7 Å². The predicted molar refractivity (Wildman–Crippen MR) is 140 cm³/mol. The van der Waals surface area contributed by atoms with Gasteiger partial charge >= 0.3 is 0 Å². The quantitative estimate of drug-likeness (QED) is 0.175. The molecule has 0 unspecified atom stereocenters. The second-order valence-electron chi connectivity index (χ2n) is 7.46. The summed E-state index contributed by atoms with van der Waals surface area (Å²) >= 11 is 4.24. The number of hydrogen-bond donors (Lipinski definition) is 2. The van der Waals surface area contributed by atoms with E-state index in [1.807, 2.05) is 60.8 Å². The number of nitrogens with zero attached hydrogens (tertiary/aromatic N) is 2. The van der Waals surface area contributed by atoms with Crippen molar-refractivity contribution in [2.75, 3.05) is 7.11 Å². The van der Waals surface area contributed by atoms with Crippen LogP contribution in [0.4, 0.5) is 0 Å². The third-order valence-corrected chi connectivity index (χ3v) is 5.67. The summed E-state index contributed by atoms with van der Waals surface area (Å²) in [7, 11) is 1.59. The smallest absolute Gasteiger partial charge is 0.0647 e. The molecule has 5 rings (SSSR count). The zero-order valence-corrected chi connectivity index (χ0v) is 22.4. The molecule has 0 fully saturated rings. The minimum atomic E-state index is -0.0736. The normalized spacial score (nSPS) is 10.1. The monoisotopic (exact) mass is 657 g/mol. The Balaban J connectivity index is 0.000000191. The molecule has 0 saturated carbocycles. The van der Waals surface area contributed by atoms with Gasteiger partial charge in [-0.2, -0.15) is 12.6 Å². The first-order chi connectivity index (χ1) is 16.7. The maximum absolute atomic E-state index is 9.41. The van der Waals surface area contributed by atoms with Crippen LogP contribution in [0, 0.1) is 12.1 Å². The number of methoxy groups -OCH3 is 1. The summed E-state index contributed by atoms with van der Waals surface area (Å²) in [5.41, 5.74) is 5.45. The average molecular weight is 657 g/mol. The van der Waals surface area contributed by atoms with Crippen LogP contribution < -0.4 is 4.74 Å². The average Bonchev–Trinajstić information content (AvgIpc) is 2.93. The van der Waals surface area contributed by atoms with Crippen molar-refractivity contribution >= 4 is 23.4 Å². The number of rotatable bonds is 5. The molecule has 0 aliphatic carbocycles. The number of benzene rings is 3. The van der Waals surface area contributed by atoms with E-state index < -0.39 is 0 Å². The van der Waals surface area contributed by atoms with E-state index in [0.29, 0.717) is 11.5 Å². The molecule has 0 spiro atoms. The second kappa shape index (κ2) is 13.2. The Kier molecular flexibility index (Phi) is 10.0. The standard InChI is InChI=1S/C15H10N.C14H14NO2S.Ir/c1-2-7-13(8-3-1)15-14-9-5-4-6-12(14)10-11-16-15;1-17-12-2-3-13(11(7-12)8-16)14-6-10(9-18)4-5-15-14;/h1-7,9-11H;2,4-7,16,18H,8-9H2,1H3;/q2*-1;. The van der Waals surface area contributed by atoms with Gasteiger partial charge in [0.15, 0.2) is 0 Å². The van der Waals surface area contributed by atoms with E-state index in [2.05, 4.69) is 46.9 Å². The van der Waals surface area contributed by atoms with Gasteiger partial charge in [-0.05, 0) is 39.9 Å². The minimum Gasteiger partial charge on any atom is -0.540 e. The summed E-state index contributed by atoms with van der Waals surface area (Å²) in [4.78, 5) is 8.75. The Bertz CT molecular complexity index is 1370. The van der Waals surface area contributed by atoms with Gasteiger partial charge in [0.05, 0.1) is 7.11 Å². The number of thiol groups is 1. The van der Waals surface area contributed by atoms with Crippen LogP contribution in [-0.2, 0) is 32.5 Å². The second-order valence-corrected chi connectivity index (χ2v) is 7.78. The molecule has 1 radical (unpaired) electrons. The van der Waals surface area contributed by atoms with E-state index in [1.54, 1.807) is 25.4 Å². The van der Waals surface area contributed by atoms with Crippen LogP contribution in [0.25, 0.3) is 33.3 Å². The fourth-order valence-electron chi connectivity index (χ4n) is 3.59. The fraction of sp³-hybridized carbons (Fsp3) is 0.103. The van der Waals surface area contributed by atoms with Gasteiger partial charge in [-0.3, -0.25) is 0 Å². The van der Waals surface area contributed by atoms with Gasteiger partial charge in [-0.1, -0.05) is 42.0 Å². The maximum atomic E-state index is 9.41. The molecule has 3 aromatic carbocycles. The van der Waals surface area contributed by atoms with Crippen molar-refractivity contribution in [1.82, 2.24) is 9.97 Å². The Morgan fingerprint density at radius 1 is 0.943 bits per heavy atom. The molecule has 0 bridgehead atoms. The molecule has 35 heavy (non-hydrogen) atoms. The Morgan fingerprint density at radius 3 is 2.49 bits per heavy atom. The molecule has 0 amide bonds. The number of ether oxygens (including phenoxy) is 1. The summed E-state index contributed by atoms with van der Waals surface area (Å²) in [6, 6.07) is 31.9. The topological polar surface area (TPSA) is 55.2 Å². The number of aliphatic hydroxyl groups is 1. The molecule has 179 valence electrons. The zero-order valence-electron chi connectivity index (χ0n) is 19.1. The molecule has 2 heterocycles. The maximum Gasteiger partial charge on any atom is 0.0647 e. The van der Waals surface area contributed by atoms with E-state index >= 15 is 0 Å². The third kappa shape index (κ3) is 6.56. The summed E-state index contributed by atoms with van der Waals surface area (Å²) in [6.07, 6.45) is 3.58. The summed E-state index contributed by atoms with van der Waals surface area (Å²) in [5.74, 6) is 1.33. The van der Waals surface area contributed by atoms with Crippen molar-refractivity contribution in [2.45, 2.75) is 12.4 Å². The number of fused-ring (bicyclic) bond motifs is 1. The van der Waals surface area contributed by atoms with Crippen molar-refractivity contribution < 1.29 is 29.9 Å². The Morgan fingerprint density at radius 2 is 1.74 bits per heavy atom. The van der Waals surface area contributed by atoms with Gasteiger partial charge in [0, 0.05) is 50.6 Å². The van der Waals surface area contributed by atoms with Crippen LogP contribution >= 0.6 is 12.6 Å². The largest absolute Gasteiger partial charge is 0.540 e. The van der Waals surface area contributed by atoms with Crippen LogP contribution in [0.5, 0.6) is 5.75 Å². The van der Waals surface area contributed by atoms with Crippen LogP contribution in [0.3, 0.4) is 0 Å². The van der Waals surface area contributed by atoms with Gasteiger partial charge in [-0.15, -0.1) is 53.6 Å². The predicted octanol–water partition coefficient (Wildman–Crippen LogP) is 6.18. The fourth-order valence-corrected chi connectivity index (χ4v) is 3.78. The zero-order chi connectivity index (χ0) is 23.8. The van der Waals surface area contributed by atoms with Gasteiger partial charge in [-0.25, -0.2) is 0 Å². The molecule has 0 atom stereocenters. The van der Waals surface area contributed by atoms with E-state index in [0.717, 1.165) is 33.6 Å². The van der Waals surface area contributed by atoms with Gasteiger partial charge in [0.25, 0.3) is 0 Å². The molecule has 4 nitrogen and oxygen atoms in total. The van der Waals surface area contributed by atoms with Gasteiger partial charge in [0.1, 0.15) is 0 Å². The van der Waals surface area contributed by atoms with Crippen LogP contribution in [0.1, 0.15) is 11.1 Å². The summed E-state index contributed by atoms with van der Waals surface area (Å²) in [5, 5.41) is 11.8. The van der Waals surface area contributed by atoms with Crippen molar-refractivity contribution in [3.05, 3.63) is 115 Å². The Labute approximate surface area is 224 Å². The molecule has 1 N–H and O–H groups in total. The molecular formula is C29H24IrN2O2S-2. The summed E-state index contributed by atoms with van der Waals surface area (Å²) < 4.78 is 5.12. The first-order valence-corrected chi connectivity index (χ1v) is 11.4. The van der Waals surface area contributed by atoms with Crippen LogP contribution in [0.2, 0.25) is 0 Å². The Hall–Kier alpha value is -3.02.